The van der Waals surface area contributed by atoms with Crippen molar-refractivity contribution < 1.29 is 18.0 Å². The summed E-state index contributed by atoms with van der Waals surface area (Å²) in [5, 5.41) is 7.96. The third-order valence-corrected chi connectivity index (χ3v) is 2.18. The third kappa shape index (κ3) is 1.76. The van der Waals surface area contributed by atoms with Gasteiger partial charge in [0.1, 0.15) is 0 Å². The van der Waals surface area contributed by atoms with Gasteiger partial charge in [0.15, 0.2) is 0 Å². The summed E-state index contributed by atoms with van der Waals surface area (Å²) in [6, 6.07) is 7.38. The Kier molecular flexibility index (Phi) is 2.23. The lowest BCUT2D eigenvalue weighted by molar-refractivity contribution is -0.130. The van der Waals surface area contributed by atoms with Gasteiger partial charge < -0.3 is 0 Å². The molecule has 0 heterocycles. The van der Waals surface area contributed by atoms with E-state index in [0.29, 0.717) is 0 Å². The van der Waals surface area contributed by atoms with E-state index in [9.17, 15) is 8.42 Å². The van der Waals surface area contributed by atoms with Crippen LogP contribution in [0.5, 0.6) is 0 Å². The third-order valence-electron chi connectivity index (χ3n) is 1.13. The molecule has 0 fully saturated rings. The summed E-state index contributed by atoms with van der Waals surface area (Å²) in [7, 11) is -3.94. The van der Waals surface area contributed by atoms with E-state index in [2.05, 4.69) is 4.33 Å². The SMILES string of the molecule is O=S(=O)(OO)c1ccccc1. The normalized spacial score (nSPS) is 11.4. The molecule has 1 aromatic rings. The molecule has 0 spiro atoms. The molecule has 0 bridgehead atoms. The van der Waals surface area contributed by atoms with Crippen LogP contribution < -0.4 is 0 Å². The average molecular weight is 174 g/mol. The highest BCUT2D eigenvalue weighted by Gasteiger charge is 2.12. The van der Waals surface area contributed by atoms with Crippen LogP contribution in [0.1, 0.15) is 0 Å². The summed E-state index contributed by atoms with van der Waals surface area (Å²) < 4.78 is 24.8. The lowest BCUT2D eigenvalue weighted by Crippen LogP contribution is -2.02. The minimum atomic E-state index is -3.94. The smallest absolute Gasteiger partial charge is 0.235 e. The number of hydrogen-bond donors (Lipinski definition) is 1. The minimum Gasteiger partial charge on any atom is -0.235 e. The summed E-state index contributed by atoms with van der Waals surface area (Å²) in [5.41, 5.74) is 0. The first-order valence-electron chi connectivity index (χ1n) is 2.80. The fraction of sp³-hybridized carbons (Fsp3) is 0. The second kappa shape index (κ2) is 3.00. The first kappa shape index (κ1) is 8.19. The molecule has 5 heteroatoms. The minimum absolute atomic E-state index is 0.0671. The summed E-state index contributed by atoms with van der Waals surface area (Å²) >= 11 is 0. The fourth-order valence-corrected chi connectivity index (χ4v) is 1.21. The van der Waals surface area contributed by atoms with Crippen molar-refractivity contribution in [2.45, 2.75) is 4.90 Å². The van der Waals surface area contributed by atoms with E-state index in [1.807, 2.05) is 0 Å². The highest BCUT2D eigenvalue weighted by Crippen LogP contribution is 2.08. The second-order valence-corrected chi connectivity index (χ2v) is 3.37. The Bertz CT molecular complexity index is 316. The van der Waals surface area contributed by atoms with Crippen molar-refractivity contribution in [2.75, 3.05) is 0 Å². The van der Waals surface area contributed by atoms with Crippen LogP contribution in [0.3, 0.4) is 0 Å². The Morgan fingerprint density at radius 1 is 1.18 bits per heavy atom. The van der Waals surface area contributed by atoms with Gasteiger partial charge >= 0.3 is 10.1 Å². The first-order chi connectivity index (χ1) is 5.17. The molecule has 60 valence electrons. The van der Waals surface area contributed by atoms with Crippen molar-refractivity contribution >= 4 is 10.1 Å². The molecule has 1 rings (SSSR count). The number of benzene rings is 1. The van der Waals surface area contributed by atoms with Gasteiger partial charge in [0.05, 0.1) is 4.90 Å². The zero-order valence-electron chi connectivity index (χ0n) is 5.47. The molecule has 1 N–H and O–H groups in total. The van der Waals surface area contributed by atoms with Gasteiger partial charge in [0, 0.05) is 0 Å². The van der Waals surface area contributed by atoms with Crippen LogP contribution in [-0.2, 0) is 14.5 Å². The van der Waals surface area contributed by atoms with E-state index < -0.39 is 10.1 Å². The zero-order valence-corrected chi connectivity index (χ0v) is 6.28. The van der Waals surface area contributed by atoms with Crippen molar-refractivity contribution in [3.63, 3.8) is 0 Å². The van der Waals surface area contributed by atoms with Crippen molar-refractivity contribution in [2.24, 2.45) is 0 Å². The van der Waals surface area contributed by atoms with Gasteiger partial charge in [-0.1, -0.05) is 18.2 Å². The molecular weight excluding hydrogens is 168 g/mol. The van der Waals surface area contributed by atoms with Gasteiger partial charge in [-0.2, -0.15) is 8.42 Å². The van der Waals surface area contributed by atoms with Crippen LogP contribution in [0.4, 0.5) is 0 Å². The molecule has 0 aromatic heterocycles. The highest BCUT2D eigenvalue weighted by atomic mass is 32.2. The molecule has 0 atom stereocenters. The average Bonchev–Trinajstić information content (AvgIpc) is 2.06. The van der Waals surface area contributed by atoms with Gasteiger partial charge in [-0.25, -0.2) is 5.26 Å². The van der Waals surface area contributed by atoms with Crippen molar-refractivity contribution in [1.82, 2.24) is 0 Å². The number of hydrogen-bond acceptors (Lipinski definition) is 4. The first-order valence-corrected chi connectivity index (χ1v) is 4.21. The van der Waals surface area contributed by atoms with Crippen LogP contribution in [0.15, 0.2) is 35.2 Å². The quantitative estimate of drug-likeness (QED) is 0.533. The summed E-state index contributed by atoms with van der Waals surface area (Å²) in [6.07, 6.45) is 0. The Morgan fingerprint density at radius 2 is 1.73 bits per heavy atom. The van der Waals surface area contributed by atoms with Crippen LogP contribution in [0.2, 0.25) is 0 Å². The van der Waals surface area contributed by atoms with Gasteiger partial charge in [-0.15, -0.1) is 4.33 Å². The van der Waals surface area contributed by atoms with E-state index in [-0.39, 0.29) is 4.90 Å². The molecule has 11 heavy (non-hydrogen) atoms. The van der Waals surface area contributed by atoms with Gasteiger partial charge in [0.2, 0.25) is 0 Å². The predicted octanol–water partition coefficient (Wildman–Crippen LogP) is 0.865. The predicted molar refractivity (Wildman–Crippen MR) is 37.3 cm³/mol. The molecule has 0 aliphatic heterocycles. The van der Waals surface area contributed by atoms with Crippen LogP contribution in [0.25, 0.3) is 0 Å². The molecule has 4 nitrogen and oxygen atoms in total. The lowest BCUT2D eigenvalue weighted by atomic mass is 10.4. The number of rotatable bonds is 2. The van der Waals surface area contributed by atoms with Crippen LogP contribution in [-0.4, -0.2) is 13.7 Å². The van der Waals surface area contributed by atoms with E-state index in [4.69, 9.17) is 5.26 Å². The molecule has 1 aromatic carbocycles. The topological polar surface area (TPSA) is 63.6 Å². The van der Waals surface area contributed by atoms with E-state index in [1.54, 1.807) is 6.07 Å². The Labute approximate surface area is 64.1 Å². The monoisotopic (exact) mass is 174 g/mol. The van der Waals surface area contributed by atoms with Crippen molar-refractivity contribution in [3.05, 3.63) is 30.3 Å². The Balaban J connectivity index is 3.14. The molecule has 0 radical (unpaired) electrons. The molecule has 0 unspecified atom stereocenters. The molecule has 0 saturated heterocycles. The molecule has 0 amide bonds. The van der Waals surface area contributed by atoms with Crippen molar-refractivity contribution in [3.8, 4) is 0 Å². The summed E-state index contributed by atoms with van der Waals surface area (Å²) in [4.78, 5) is -0.0671. The van der Waals surface area contributed by atoms with Gasteiger partial charge in [-0.05, 0) is 12.1 Å². The Hall–Kier alpha value is -0.910. The summed E-state index contributed by atoms with van der Waals surface area (Å²) in [6.45, 7) is 0. The highest BCUT2D eigenvalue weighted by molar-refractivity contribution is 7.86. The maximum Gasteiger partial charge on any atom is 0.323 e. The fourth-order valence-electron chi connectivity index (χ4n) is 0.630. The maximum atomic E-state index is 10.7. The zero-order chi connectivity index (χ0) is 8.32. The van der Waals surface area contributed by atoms with Crippen LogP contribution in [0, 0.1) is 0 Å². The van der Waals surface area contributed by atoms with Gasteiger partial charge in [-0.3, -0.25) is 0 Å². The molecule has 0 saturated carbocycles. The molecule has 0 aliphatic rings. The second-order valence-electron chi connectivity index (χ2n) is 1.84. The largest absolute Gasteiger partial charge is 0.323 e. The van der Waals surface area contributed by atoms with E-state index in [1.165, 1.54) is 24.3 Å². The van der Waals surface area contributed by atoms with E-state index >= 15 is 0 Å². The standard InChI is InChI=1S/C6H6O4S/c7-10-11(8,9)6-4-2-1-3-5-6/h1-5,7H. The lowest BCUT2D eigenvalue weighted by Gasteiger charge is -1.96. The summed E-state index contributed by atoms with van der Waals surface area (Å²) in [5.74, 6) is 0. The maximum absolute atomic E-state index is 10.7. The van der Waals surface area contributed by atoms with Crippen molar-refractivity contribution in [1.29, 1.82) is 0 Å². The molecule has 0 aliphatic carbocycles. The van der Waals surface area contributed by atoms with E-state index in [0.717, 1.165) is 0 Å². The van der Waals surface area contributed by atoms with Gasteiger partial charge in [0.25, 0.3) is 0 Å². The van der Waals surface area contributed by atoms with Crippen LogP contribution >= 0.6 is 0 Å². The Morgan fingerprint density at radius 3 is 2.18 bits per heavy atom. The molecular formula is C6H6O4S.